The van der Waals surface area contributed by atoms with Crippen LogP contribution in [-0.4, -0.2) is 62.1 Å². The highest BCUT2D eigenvalue weighted by Gasteiger charge is 2.44. The van der Waals surface area contributed by atoms with E-state index >= 15 is 0 Å². The number of benzene rings is 2. The molecule has 5 nitrogen and oxygen atoms in total. The first kappa shape index (κ1) is 23.2. The van der Waals surface area contributed by atoms with Gasteiger partial charge in [0.2, 0.25) is 0 Å². The molecule has 0 radical (unpaired) electrons. The Labute approximate surface area is 203 Å². The molecule has 2 aliphatic heterocycles. The molecule has 2 heterocycles. The highest BCUT2D eigenvalue weighted by atomic mass is 16.1. The molecule has 3 aliphatic rings. The van der Waals surface area contributed by atoms with Crippen LogP contribution >= 0.6 is 0 Å². The zero-order chi connectivity index (χ0) is 23.8. The van der Waals surface area contributed by atoms with Crippen LogP contribution in [0.15, 0.2) is 64.7 Å². The Balaban J connectivity index is 1.56. The lowest BCUT2D eigenvalue weighted by atomic mass is 9.69. The molecule has 5 heteroatoms. The van der Waals surface area contributed by atoms with E-state index in [1.54, 1.807) is 0 Å². The fraction of sp³-hybridized carbons (Fsp3) is 0.448. The van der Waals surface area contributed by atoms with Gasteiger partial charge in [-0.3, -0.25) is 9.79 Å². The summed E-state index contributed by atoms with van der Waals surface area (Å²) < 4.78 is 0. The Morgan fingerprint density at radius 1 is 0.882 bits per heavy atom. The molecule has 0 aromatic heterocycles. The van der Waals surface area contributed by atoms with E-state index in [4.69, 9.17) is 4.99 Å². The van der Waals surface area contributed by atoms with Crippen LogP contribution in [0.2, 0.25) is 0 Å². The second kappa shape index (κ2) is 9.57. The number of carbonyl (C=O) groups excluding carboxylic acids is 1. The SMILES string of the molecule is CN(C)Cc1ccc(C2NC3CCCC4=C3C(=NCC4=O)C2c2ccc(CN(C)C)cc2)cc1. The quantitative estimate of drug-likeness (QED) is 0.711. The minimum Gasteiger partial charge on any atom is -0.305 e. The summed E-state index contributed by atoms with van der Waals surface area (Å²) >= 11 is 0. The van der Waals surface area contributed by atoms with Crippen LogP contribution in [0.25, 0.3) is 0 Å². The monoisotopic (exact) mass is 456 g/mol. The van der Waals surface area contributed by atoms with Gasteiger partial charge < -0.3 is 15.1 Å². The van der Waals surface area contributed by atoms with Crippen LogP contribution in [0, 0.1) is 0 Å². The van der Waals surface area contributed by atoms with Crippen molar-refractivity contribution >= 4 is 11.5 Å². The number of hydrogen-bond donors (Lipinski definition) is 1. The van der Waals surface area contributed by atoms with Gasteiger partial charge in [-0.15, -0.1) is 0 Å². The topological polar surface area (TPSA) is 47.9 Å². The molecule has 5 rings (SSSR count). The zero-order valence-corrected chi connectivity index (χ0v) is 20.8. The third-order valence-corrected chi connectivity index (χ3v) is 7.28. The van der Waals surface area contributed by atoms with E-state index in [-0.39, 0.29) is 23.8 Å². The van der Waals surface area contributed by atoms with Crippen molar-refractivity contribution < 1.29 is 4.79 Å². The lowest BCUT2D eigenvalue weighted by Gasteiger charge is -2.45. The summed E-state index contributed by atoms with van der Waals surface area (Å²) in [4.78, 5) is 22.0. The molecular formula is C29H36N4O. The van der Waals surface area contributed by atoms with Crippen molar-refractivity contribution in [3.8, 4) is 0 Å². The molecule has 2 aromatic carbocycles. The maximum absolute atomic E-state index is 12.7. The van der Waals surface area contributed by atoms with Gasteiger partial charge in [0.15, 0.2) is 5.78 Å². The van der Waals surface area contributed by atoms with Crippen molar-refractivity contribution in [3.63, 3.8) is 0 Å². The first-order chi connectivity index (χ1) is 16.4. The second-order valence-electron chi connectivity index (χ2n) is 10.5. The van der Waals surface area contributed by atoms with E-state index in [1.807, 2.05) is 0 Å². The molecule has 0 bridgehead atoms. The Morgan fingerprint density at radius 3 is 2.06 bits per heavy atom. The van der Waals surface area contributed by atoms with Gasteiger partial charge in [0, 0.05) is 42.4 Å². The lowest BCUT2D eigenvalue weighted by molar-refractivity contribution is -0.114. The normalized spacial score (nSPS) is 24.5. The standard InChI is InChI=1S/C29H36N4O/c1-32(2)17-19-8-12-21(13-9-19)26-28(22-14-10-20(11-15-22)18-33(3)4)31-24-7-5-6-23-25(34)16-30-29(26)27(23)24/h8-15,24,26,28,31H,5-7,16-18H2,1-4H3. The van der Waals surface area contributed by atoms with Crippen LogP contribution in [0.3, 0.4) is 0 Å². The molecule has 2 aromatic rings. The molecular weight excluding hydrogens is 420 g/mol. The van der Waals surface area contributed by atoms with Crippen molar-refractivity contribution in [1.29, 1.82) is 0 Å². The maximum Gasteiger partial charge on any atom is 0.180 e. The minimum absolute atomic E-state index is 0.0977. The number of nitrogens with zero attached hydrogens (tertiary/aromatic N) is 3. The largest absolute Gasteiger partial charge is 0.305 e. The summed E-state index contributed by atoms with van der Waals surface area (Å²) in [6.45, 7) is 2.15. The number of hydrogen-bond acceptors (Lipinski definition) is 5. The predicted molar refractivity (Wildman–Crippen MR) is 138 cm³/mol. The van der Waals surface area contributed by atoms with Crippen LogP contribution in [0.1, 0.15) is 53.5 Å². The first-order valence-corrected chi connectivity index (χ1v) is 12.4. The first-order valence-electron chi connectivity index (χ1n) is 12.4. The third kappa shape index (κ3) is 4.52. The van der Waals surface area contributed by atoms with E-state index in [1.165, 1.54) is 27.8 Å². The molecule has 3 atom stereocenters. The highest BCUT2D eigenvalue weighted by molar-refractivity contribution is 6.17. The number of aliphatic imine (C=N–C) groups is 1. The number of nitrogens with one attached hydrogen (secondary N) is 1. The summed E-state index contributed by atoms with van der Waals surface area (Å²) in [6, 6.07) is 18.4. The number of rotatable bonds is 6. The predicted octanol–water partition coefficient (Wildman–Crippen LogP) is 4.11. The van der Waals surface area contributed by atoms with Gasteiger partial charge in [-0.25, -0.2) is 0 Å². The van der Waals surface area contributed by atoms with Gasteiger partial charge in [-0.05, 0) is 75.3 Å². The second-order valence-corrected chi connectivity index (χ2v) is 10.5. The Hall–Kier alpha value is -2.60. The van der Waals surface area contributed by atoms with Gasteiger partial charge in [-0.2, -0.15) is 0 Å². The highest BCUT2D eigenvalue weighted by Crippen LogP contribution is 2.45. The third-order valence-electron chi connectivity index (χ3n) is 7.28. The van der Waals surface area contributed by atoms with Crippen LogP contribution in [0.5, 0.6) is 0 Å². The van der Waals surface area contributed by atoms with E-state index in [2.05, 4.69) is 91.8 Å². The molecule has 0 spiro atoms. The van der Waals surface area contributed by atoms with Gasteiger partial charge in [0.25, 0.3) is 0 Å². The number of carbonyl (C=O) groups is 1. The molecule has 0 amide bonds. The van der Waals surface area contributed by atoms with E-state index < -0.39 is 0 Å². The van der Waals surface area contributed by atoms with Gasteiger partial charge >= 0.3 is 0 Å². The summed E-state index contributed by atoms with van der Waals surface area (Å²) in [5.41, 5.74) is 8.54. The van der Waals surface area contributed by atoms with Crippen LogP contribution in [-0.2, 0) is 17.9 Å². The van der Waals surface area contributed by atoms with Crippen LogP contribution < -0.4 is 5.32 Å². The molecule has 178 valence electrons. The van der Waals surface area contributed by atoms with Crippen molar-refractivity contribution in [1.82, 2.24) is 15.1 Å². The van der Waals surface area contributed by atoms with Crippen LogP contribution in [0.4, 0.5) is 0 Å². The van der Waals surface area contributed by atoms with Gasteiger partial charge in [0.1, 0.15) is 6.54 Å². The average molecular weight is 457 g/mol. The smallest absolute Gasteiger partial charge is 0.180 e. The molecule has 1 saturated heterocycles. The Bertz CT molecular complexity index is 1110. The van der Waals surface area contributed by atoms with E-state index in [0.717, 1.165) is 43.6 Å². The zero-order valence-electron chi connectivity index (χ0n) is 20.8. The van der Waals surface area contributed by atoms with E-state index in [9.17, 15) is 4.79 Å². The average Bonchev–Trinajstić information content (AvgIpc) is 2.81. The maximum atomic E-state index is 12.7. The summed E-state index contributed by atoms with van der Waals surface area (Å²) in [6.07, 6.45) is 3.02. The molecule has 3 unspecified atom stereocenters. The summed E-state index contributed by atoms with van der Waals surface area (Å²) in [5.74, 6) is 0.317. The molecule has 1 fully saturated rings. The fourth-order valence-corrected chi connectivity index (χ4v) is 5.87. The number of piperidine rings is 1. The van der Waals surface area contributed by atoms with Crippen molar-refractivity contribution in [2.75, 3.05) is 34.7 Å². The molecule has 0 saturated carbocycles. The number of ketones is 1. The lowest BCUT2D eigenvalue weighted by Crippen LogP contribution is -2.51. The van der Waals surface area contributed by atoms with Gasteiger partial charge in [-0.1, -0.05) is 48.5 Å². The van der Waals surface area contributed by atoms with Crippen molar-refractivity contribution in [3.05, 3.63) is 81.9 Å². The number of dihydropyridines is 1. The van der Waals surface area contributed by atoms with E-state index in [0.29, 0.717) is 6.54 Å². The summed E-state index contributed by atoms with van der Waals surface area (Å²) in [5, 5.41) is 3.97. The van der Waals surface area contributed by atoms with Crippen molar-refractivity contribution in [2.45, 2.75) is 50.4 Å². The minimum atomic E-state index is 0.0977. The fourth-order valence-electron chi connectivity index (χ4n) is 5.87. The summed E-state index contributed by atoms with van der Waals surface area (Å²) in [7, 11) is 8.40. The molecule has 1 N–H and O–H groups in total. The molecule has 34 heavy (non-hydrogen) atoms. The van der Waals surface area contributed by atoms with Crippen molar-refractivity contribution in [2.24, 2.45) is 4.99 Å². The van der Waals surface area contributed by atoms with Gasteiger partial charge in [0.05, 0.1) is 0 Å². The Kier molecular flexibility index (Phi) is 6.52. The Morgan fingerprint density at radius 2 is 1.47 bits per heavy atom. The number of Topliss-reactive ketones (excluding diaryl/α,β-unsaturated/α-hetero) is 1. The molecule has 1 aliphatic carbocycles.